The first-order valence-corrected chi connectivity index (χ1v) is 6.97. The van der Waals surface area contributed by atoms with E-state index in [-0.39, 0.29) is 5.56 Å². The molecule has 2 aromatic heterocycles. The van der Waals surface area contributed by atoms with Crippen molar-refractivity contribution in [3.8, 4) is 0 Å². The van der Waals surface area contributed by atoms with E-state index in [9.17, 15) is 9.90 Å². The number of thiazole rings is 1. The van der Waals surface area contributed by atoms with Gasteiger partial charge in [0.1, 0.15) is 5.56 Å². The topological polar surface area (TPSA) is 79.2 Å². The number of nitrogens with zero attached hydrogens (tertiary/aromatic N) is 4. The standard InChI is InChI=1S/C13H16N4O2S/c1-7-8(2)15-16-12(11(7)13(18)19)17(4)5-10-9(3)14-6-20-10/h6H,5H2,1-4H3,(H,18,19). The third-order valence-corrected chi connectivity index (χ3v) is 4.16. The van der Waals surface area contributed by atoms with Crippen LogP contribution in [0.25, 0.3) is 0 Å². The summed E-state index contributed by atoms with van der Waals surface area (Å²) in [7, 11) is 1.81. The molecular weight excluding hydrogens is 276 g/mol. The molecule has 2 aromatic rings. The Morgan fingerprint density at radius 1 is 1.30 bits per heavy atom. The first-order chi connectivity index (χ1) is 9.41. The molecule has 0 atom stereocenters. The van der Waals surface area contributed by atoms with Crippen molar-refractivity contribution in [2.24, 2.45) is 0 Å². The Morgan fingerprint density at radius 3 is 2.55 bits per heavy atom. The predicted molar refractivity (Wildman–Crippen MR) is 77.4 cm³/mol. The number of aromatic nitrogens is 3. The fourth-order valence-corrected chi connectivity index (χ4v) is 2.72. The maximum atomic E-state index is 11.5. The number of hydrogen-bond acceptors (Lipinski definition) is 6. The molecule has 0 amide bonds. The Kier molecular flexibility index (Phi) is 3.99. The molecule has 20 heavy (non-hydrogen) atoms. The quantitative estimate of drug-likeness (QED) is 0.930. The molecule has 0 bridgehead atoms. The Hall–Kier alpha value is -2.02. The van der Waals surface area contributed by atoms with Gasteiger partial charge in [-0.2, -0.15) is 5.10 Å². The zero-order valence-corrected chi connectivity index (χ0v) is 12.7. The number of aromatic carboxylic acids is 1. The van der Waals surface area contributed by atoms with Crippen molar-refractivity contribution in [1.82, 2.24) is 15.2 Å². The van der Waals surface area contributed by atoms with Crippen LogP contribution in [0.4, 0.5) is 5.82 Å². The third-order valence-electron chi connectivity index (χ3n) is 3.24. The van der Waals surface area contributed by atoms with E-state index in [1.54, 1.807) is 35.6 Å². The molecule has 1 N–H and O–H groups in total. The van der Waals surface area contributed by atoms with Gasteiger partial charge >= 0.3 is 5.97 Å². The van der Waals surface area contributed by atoms with E-state index in [0.717, 1.165) is 10.6 Å². The largest absolute Gasteiger partial charge is 0.478 e. The van der Waals surface area contributed by atoms with E-state index in [4.69, 9.17) is 0 Å². The van der Waals surface area contributed by atoms with E-state index in [1.165, 1.54) is 0 Å². The molecule has 2 heterocycles. The molecule has 0 unspecified atom stereocenters. The summed E-state index contributed by atoms with van der Waals surface area (Å²) in [6.07, 6.45) is 0. The Bertz CT molecular complexity index is 654. The lowest BCUT2D eigenvalue weighted by molar-refractivity contribution is 0.0696. The van der Waals surface area contributed by atoms with Gasteiger partial charge in [0.25, 0.3) is 0 Å². The lowest BCUT2D eigenvalue weighted by Crippen LogP contribution is -2.22. The van der Waals surface area contributed by atoms with Gasteiger partial charge in [-0.05, 0) is 26.3 Å². The first kappa shape index (κ1) is 14.4. The highest BCUT2D eigenvalue weighted by Gasteiger charge is 2.21. The molecule has 106 valence electrons. The summed E-state index contributed by atoms with van der Waals surface area (Å²) in [6.45, 7) is 6.01. The second-order valence-electron chi connectivity index (χ2n) is 4.63. The molecule has 7 heteroatoms. The van der Waals surface area contributed by atoms with Crippen molar-refractivity contribution >= 4 is 23.1 Å². The van der Waals surface area contributed by atoms with Crippen LogP contribution >= 0.6 is 11.3 Å². The Labute approximate surface area is 121 Å². The van der Waals surface area contributed by atoms with Crippen LogP contribution in [0, 0.1) is 20.8 Å². The minimum Gasteiger partial charge on any atom is -0.478 e. The lowest BCUT2D eigenvalue weighted by atomic mass is 10.1. The third kappa shape index (κ3) is 2.62. The van der Waals surface area contributed by atoms with Crippen molar-refractivity contribution in [3.05, 3.63) is 32.9 Å². The number of carboxylic acids is 1. The number of hydrogen-bond donors (Lipinski definition) is 1. The van der Waals surface area contributed by atoms with E-state index in [1.807, 2.05) is 14.0 Å². The molecule has 0 aliphatic rings. The van der Waals surface area contributed by atoms with Gasteiger partial charge in [-0.25, -0.2) is 9.78 Å². The van der Waals surface area contributed by atoms with Gasteiger partial charge in [0.15, 0.2) is 5.82 Å². The summed E-state index contributed by atoms with van der Waals surface area (Å²) < 4.78 is 0. The van der Waals surface area contributed by atoms with Crippen molar-refractivity contribution in [2.45, 2.75) is 27.3 Å². The number of carboxylic acid groups (broad SMARTS) is 1. The minimum atomic E-state index is -0.983. The van der Waals surface area contributed by atoms with Crippen LogP contribution in [-0.2, 0) is 6.54 Å². The summed E-state index contributed by atoms with van der Waals surface area (Å²) in [5, 5.41) is 17.5. The average Bonchev–Trinajstić information content (AvgIpc) is 2.77. The second kappa shape index (κ2) is 5.54. The summed E-state index contributed by atoms with van der Waals surface area (Å²) in [6, 6.07) is 0. The highest BCUT2D eigenvalue weighted by atomic mass is 32.1. The van der Waals surface area contributed by atoms with E-state index >= 15 is 0 Å². The van der Waals surface area contributed by atoms with Gasteiger partial charge in [-0.3, -0.25) is 0 Å². The maximum absolute atomic E-state index is 11.5. The molecular formula is C13H16N4O2S. The molecule has 0 saturated carbocycles. The van der Waals surface area contributed by atoms with Crippen LogP contribution in [0.2, 0.25) is 0 Å². The van der Waals surface area contributed by atoms with Crippen LogP contribution in [0.15, 0.2) is 5.51 Å². The molecule has 0 aliphatic carbocycles. The van der Waals surface area contributed by atoms with Crippen molar-refractivity contribution in [1.29, 1.82) is 0 Å². The highest BCUT2D eigenvalue weighted by molar-refractivity contribution is 7.09. The average molecular weight is 292 g/mol. The highest BCUT2D eigenvalue weighted by Crippen LogP contribution is 2.24. The van der Waals surface area contributed by atoms with Crippen LogP contribution in [0.3, 0.4) is 0 Å². The first-order valence-electron chi connectivity index (χ1n) is 6.09. The normalized spacial score (nSPS) is 10.6. The van der Waals surface area contributed by atoms with Crippen molar-refractivity contribution < 1.29 is 9.90 Å². The summed E-state index contributed by atoms with van der Waals surface area (Å²) in [5.41, 5.74) is 4.23. The molecule has 0 aliphatic heterocycles. The van der Waals surface area contributed by atoms with Gasteiger partial charge in [-0.1, -0.05) is 0 Å². The maximum Gasteiger partial charge on any atom is 0.339 e. The monoisotopic (exact) mass is 292 g/mol. The molecule has 0 fully saturated rings. The number of rotatable bonds is 4. The van der Waals surface area contributed by atoms with Gasteiger partial charge in [-0.15, -0.1) is 16.4 Å². The van der Waals surface area contributed by atoms with Crippen LogP contribution in [0.5, 0.6) is 0 Å². The fourth-order valence-electron chi connectivity index (χ4n) is 1.89. The van der Waals surface area contributed by atoms with Crippen molar-refractivity contribution in [2.75, 3.05) is 11.9 Å². The van der Waals surface area contributed by atoms with Crippen LogP contribution < -0.4 is 4.90 Å². The Balaban J connectivity index is 2.39. The van der Waals surface area contributed by atoms with Crippen LogP contribution in [-0.4, -0.2) is 33.3 Å². The van der Waals surface area contributed by atoms with E-state index in [0.29, 0.717) is 23.6 Å². The van der Waals surface area contributed by atoms with Gasteiger partial charge in [0, 0.05) is 11.9 Å². The van der Waals surface area contributed by atoms with E-state index < -0.39 is 5.97 Å². The van der Waals surface area contributed by atoms with Gasteiger partial charge in [0.05, 0.1) is 23.4 Å². The fraction of sp³-hybridized carbons (Fsp3) is 0.385. The number of carbonyl (C=O) groups is 1. The smallest absolute Gasteiger partial charge is 0.339 e. The van der Waals surface area contributed by atoms with Gasteiger partial charge < -0.3 is 10.0 Å². The van der Waals surface area contributed by atoms with Crippen LogP contribution in [0.1, 0.15) is 32.2 Å². The SMILES string of the molecule is Cc1ncsc1CN(C)c1nnc(C)c(C)c1C(=O)O. The summed E-state index contributed by atoms with van der Waals surface area (Å²) in [4.78, 5) is 18.5. The molecule has 2 rings (SSSR count). The molecule has 0 radical (unpaired) electrons. The lowest BCUT2D eigenvalue weighted by Gasteiger charge is -2.20. The van der Waals surface area contributed by atoms with Crippen molar-refractivity contribution in [3.63, 3.8) is 0 Å². The van der Waals surface area contributed by atoms with Gasteiger partial charge in [0.2, 0.25) is 0 Å². The minimum absolute atomic E-state index is 0.210. The molecule has 0 saturated heterocycles. The predicted octanol–water partition coefficient (Wildman–Crippen LogP) is 2.19. The summed E-state index contributed by atoms with van der Waals surface area (Å²) in [5.74, 6) is -0.600. The molecule has 0 spiro atoms. The zero-order chi connectivity index (χ0) is 14.9. The second-order valence-corrected chi connectivity index (χ2v) is 5.57. The molecule has 6 nitrogen and oxygen atoms in total. The zero-order valence-electron chi connectivity index (χ0n) is 11.8. The number of anilines is 1. The summed E-state index contributed by atoms with van der Waals surface area (Å²) >= 11 is 1.55. The Morgan fingerprint density at radius 2 is 2.00 bits per heavy atom. The number of aryl methyl sites for hydroxylation is 2. The van der Waals surface area contributed by atoms with E-state index in [2.05, 4.69) is 15.2 Å². The molecule has 0 aromatic carbocycles.